The quantitative estimate of drug-likeness (QED) is 0.152. The summed E-state index contributed by atoms with van der Waals surface area (Å²) >= 11 is 0. The standard InChI is InChI=1S/C56H38N4/c1-36-18-22-39(23-19-36)54-58-55(40-24-20-37(2)21-25-40)60-56(59-54)53-17-8-6-15-49(53)45-29-31-51(46(34-45)35-57)52-16-7-5-14-48(52)43-12-9-11-41(32-43)42-28-30-50-44(33-42)27-26-38-10-3-4-13-47(38)50/h3-34H,1-2H3. The van der Waals surface area contributed by atoms with Crippen molar-refractivity contribution in [3.63, 3.8) is 0 Å². The number of nitrogens with zero attached hydrogens (tertiary/aromatic N) is 4. The van der Waals surface area contributed by atoms with Gasteiger partial charge in [0.15, 0.2) is 17.5 Å². The predicted molar refractivity (Wildman–Crippen MR) is 247 cm³/mol. The van der Waals surface area contributed by atoms with Gasteiger partial charge >= 0.3 is 0 Å². The van der Waals surface area contributed by atoms with E-state index in [2.05, 4.69) is 184 Å². The maximum Gasteiger partial charge on any atom is 0.164 e. The Kier molecular flexibility index (Phi) is 9.33. The lowest BCUT2D eigenvalue weighted by Gasteiger charge is -2.15. The van der Waals surface area contributed by atoms with Crippen LogP contribution in [0.25, 0.3) is 100 Å². The largest absolute Gasteiger partial charge is 0.208 e. The first-order valence-electron chi connectivity index (χ1n) is 20.1. The smallest absolute Gasteiger partial charge is 0.164 e. The van der Waals surface area contributed by atoms with E-state index < -0.39 is 0 Å². The molecule has 0 N–H and O–H groups in total. The zero-order chi connectivity index (χ0) is 40.6. The van der Waals surface area contributed by atoms with Gasteiger partial charge in [-0.3, -0.25) is 0 Å². The summed E-state index contributed by atoms with van der Waals surface area (Å²) < 4.78 is 0. The Morgan fingerprint density at radius 2 is 0.833 bits per heavy atom. The molecule has 4 heteroatoms. The molecule has 0 unspecified atom stereocenters. The molecule has 60 heavy (non-hydrogen) atoms. The monoisotopic (exact) mass is 766 g/mol. The van der Waals surface area contributed by atoms with E-state index in [4.69, 9.17) is 15.0 Å². The highest BCUT2D eigenvalue weighted by molar-refractivity contribution is 6.08. The average molecular weight is 767 g/mol. The van der Waals surface area contributed by atoms with E-state index in [1.165, 1.54) is 32.7 Å². The maximum absolute atomic E-state index is 10.7. The van der Waals surface area contributed by atoms with Gasteiger partial charge in [-0.2, -0.15) is 5.26 Å². The Hall–Kier alpha value is -8.00. The number of rotatable bonds is 7. The number of aryl methyl sites for hydroxylation is 2. The topological polar surface area (TPSA) is 62.5 Å². The van der Waals surface area contributed by atoms with Gasteiger partial charge in [0, 0.05) is 22.3 Å². The summed E-state index contributed by atoms with van der Waals surface area (Å²) in [7, 11) is 0. The second-order valence-electron chi connectivity index (χ2n) is 15.3. The molecule has 1 heterocycles. The number of hydrogen-bond donors (Lipinski definition) is 0. The van der Waals surface area contributed by atoms with E-state index in [1.807, 2.05) is 30.3 Å². The molecule has 0 aliphatic heterocycles. The summed E-state index contributed by atoms with van der Waals surface area (Å²) in [4.78, 5) is 15.1. The molecule has 1 aromatic heterocycles. The van der Waals surface area contributed by atoms with Crippen LogP contribution in [0.15, 0.2) is 194 Å². The van der Waals surface area contributed by atoms with Gasteiger partial charge in [-0.15, -0.1) is 0 Å². The summed E-state index contributed by atoms with van der Waals surface area (Å²) in [6, 6.07) is 70.1. The summed E-state index contributed by atoms with van der Waals surface area (Å²) in [5.41, 5.74) is 13.8. The van der Waals surface area contributed by atoms with Gasteiger partial charge in [-0.1, -0.05) is 187 Å². The fourth-order valence-electron chi connectivity index (χ4n) is 8.16. The molecular formula is C56H38N4. The van der Waals surface area contributed by atoms with Crippen molar-refractivity contribution in [2.45, 2.75) is 13.8 Å². The fraction of sp³-hybridized carbons (Fsp3) is 0.0357. The van der Waals surface area contributed by atoms with Crippen LogP contribution in [0.1, 0.15) is 16.7 Å². The Morgan fingerprint density at radius 3 is 1.53 bits per heavy atom. The lowest BCUT2D eigenvalue weighted by molar-refractivity contribution is 1.07. The van der Waals surface area contributed by atoms with Crippen LogP contribution in [0.2, 0.25) is 0 Å². The van der Waals surface area contributed by atoms with Gasteiger partial charge in [-0.25, -0.2) is 15.0 Å². The normalized spacial score (nSPS) is 11.2. The molecule has 4 nitrogen and oxygen atoms in total. The van der Waals surface area contributed by atoms with Crippen molar-refractivity contribution in [3.05, 3.63) is 211 Å². The van der Waals surface area contributed by atoms with E-state index in [9.17, 15) is 5.26 Å². The van der Waals surface area contributed by atoms with E-state index in [0.717, 1.165) is 61.2 Å². The van der Waals surface area contributed by atoms with Crippen molar-refractivity contribution in [1.82, 2.24) is 15.0 Å². The summed E-state index contributed by atoms with van der Waals surface area (Å²) in [6.07, 6.45) is 0. The van der Waals surface area contributed by atoms with Crippen LogP contribution in [0.5, 0.6) is 0 Å². The molecule has 0 radical (unpaired) electrons. The number of aromatic nitrogens is 3. The van der Waals surface area contributed by atoms with Gasteiger partial charge in [0.1, 0.15) is 0 Å². The van der Waals surface area contributed by atoms with Crippen LogP contribution in [0.4, 0.5) is 0 Å². The SMILES string of the molecule is Cc1ccc(-c2nc(-c3ccc(C)cc3)nc(-c3ccccc3-c3ccc(-c4ccccc4-c4cccc(-c5ccc6c(ccc7ccccc76)c5)c4)c(C#N)c3)n2)cc1. The predicted octanol–water partition coefficient (Wildman–Crippen LogP) is 14.3. The van der Waals surface area contributed by atoms with Crippen molar-refractivity contribution in [2.24, 2.45) is 0 Å². The van der Waals surface area contributed by atoms with E-state index in [1.54, 1.807) is 0 Å². The van der Waals surface area contributed by atoms with Gasteiger partial charge in [0.2, 0.25) is 0 Å². The summed E-state index contributed by atoms with van der Waals surface area (Å²) in [6.45, 7) is 4.14. The van der Waals surface area contributed by atoms with Crippen molar-refractivity contribution < 1.29 is 0 Å². The lowest BCUT2D eigenvalue weighted by Crippen LogP contribution is -2.01. The summed E-state index contributed by atoms with van der Waals surface area (Å²) in [5.74, 6) is 1.78. The number of nitriles is 1. The van der Waals surface area contributed by atoms with E-state index in [0.29, 0.717) is 23.0 Å². The molecule has 0 aliphatic carbocycles. The number of hydrogen-bond acceptors (Lipinski definition) is 4. The molecule has 0 spiro atoms. The molecule has 0 aliphatic rings. The zero-order valence-electron chi connectivity index (χ0n) is 33.3. The average Bonchev–Trinajstić information content (AvgIpc) is 3.31. The van der Waals surface area contributed by atoms with Crippen LogP contribution in [0.3, 0.4) is 0 Å². The molecule has 10 aromatic rings. The molecule has 9 aromatic carbocycles. The van der Waals surface area contributed by atoms with Gasteiger partial charge in [-0.05, 0) is 92.5 Å². The highest BCUT2D eigenvalue weighted by Gasteiger charge is 2.18. The minimum atomic E-state index is 0.569. The van der Waals surface area contributed by atoms with Crippen LogP contribution >= 0.6 is 0 Å². The first-order chi connectivity index (χ1) is 29.5. The van der Waals surface area contributed by atoms with Crippen LogP contribution in [-0.2, 0) is 0 Å². The number of benzene rings is 9. The van der Waals surface area contributed by atoms with Gasteiger partial charge < -0.3 is 0 Å². The Morgan fingerprint density at radius 1 is 0.333 bits per heavy atom. The molecule has 0 fully saturated rings. The Balaban J connectivity index is 1.03. The first-order valence-corrected chi connectivity index (χ1v) is 20.1. The number of fused-ring (bicyclic) bond motifs is 3. The minimum absolute atomic E-state index is 0.569. The first kappa shape index (κ1) is 36.3. The molecule has 282 valence electrons. The third kappa shape index (κ3) is 6.89. The van der Waals surface area contributed by atoms with Crippen LogP contribution in [0, 0.1) is 25.2 Å². The zero-order valence-corrected chi connectivity index (χ0v) is 33.3. The van der Waals surface area contributed by atoms with Crippen LogP contribution in [-0.4, -0.2) is 15.0 Å². The van der Waals surface area contributed by atoms with Gasteiger partial charge in [0.05, 0.1) is 11.6 Å². The van der Waals surface area contributed by atoms with Crippen molar-refractivity contribution in [3.8, 4) is 84.7 Å². The summed E-state index contributed by atoms with van der Waals surface area (Å²) in [5, 5.41) is 15.7. The molecule has 0 saturated carbocycles. The molecule has 0 atom stereocenters. The third-order valence-electron chi connectivity index (χ3n) is 11.3. The molecule has 0 amide bonds. The van der Waals surface area contributed by atoms with E-state index >= 15 is 0 Å². The highest BCUT2D eigenvalue weighted by atomic mass is 15.0. The Labute approximate surface area is 349 Å². The molecule has 0 saturated heterocycles. The third-order valence-corrected chi connectivity index (χ3v) is 11.3. The van der Waals surface area contributed by atoms with E-state index in [-0.39, 0.29) is 0 Å². The molecular weight excluding hydrogens is 729 g/mol. The maximum atomic E-state index is 10.7. The second-order valence-corrected chi connectivity index (χ2v) is 15.3. The fourth-order valence-corrected chi connectivity index (χ4v) is 8.16. The second kappa shape index (κ2) is 15.4. The van der Waals surface area contributed by atoms with Crippen molar-refractivity contribution >= 4 is 21.5 Å². The molecule has 0 bridgehead atoms. The van der Waals surface area contributed by atoms with Gasteiger partial charge in [0.25, 0.3) is 0 Å². The minimum Gasteiger partial charge on any atom is -0.208 e. The molecule has 10 rings (SSSR count). The van der Waals surface area contributed by atoms with Crippen LogP contribution < -0.4 is 0 Å². The lowest BCUT2D eigenvalue weighted by atomic mass is 9.88. The Bertz CT molecular complexity index is 3220. The highest BCUT2D eigenvalue weighted by Crippen LogP contribution is 2.39. The van der Waals surface area contributed by atoms with Crippen molar-refractivity contribution in [2.75, 3.05) is 0 Å². The van der Waals surface area contributed by atoms with Crippen molar-refractivity contribution in [1.29, 1.82) is 5.26 Å².